The molecule has 3 heterocycles. The van der Waals surface area contributed by atoms with Crippen molar-refractivity contribution in [3.8, 4) is 16.3 Å². The largest absolute Gasteiger partial charge is 0.492 e. The molecule has 0 spiro atoms. The highest BCUT2D eigenvalue weighted by atomic mass is 32.1. The van der Waals surface area contributed by atoms with Crippen molar-refractivity contribution >= 4 is 11.3 Å². The molecule has 0 bridgehead atoms. The van der Waals surface area contributed by atoms with Crippen molar-refractivity contribution in [2.24, 2.45) is 0 Å². The Labute approximate surface area is 172 Å². The number of aromatic nitrogens is 2. The van der Waals surface area contributed by atoms with Gasteiger partial charge in [-0.2, -0.15) is 5.10 Å². The van der Waals surface area contributed by atoms with Crippen LogP contribution in [0.2, 0.25) is 0 Å². The summed E-state index contributed by atoms with van der Waals surface area (Å²) in [5.74, 6) is 0.420. The fourth-order valence-corrected chi connectivity index (χ4v) is 3.96. The van der Waals surface area contributed by atoms with Crippen molar-refractivity contribution in [2.75, 3.05) is 39.3 Å². The van der Waals surface area contributed by atoms with Crippen LogP contribution in [0.1, 0.15) is 0 Å². The maximum Gasteiger partial charge on any atom is 0.268 e. The van der Waals surface area contributed by atoms with Crippen LogP contribution in [-0.2, 0) is 6.67 Å². The van der Waals surface area contributed by atoms with Crippen LogP contribution < -0.4 is 10.3 Å². The van der Waals surface area contributed by atoms with E-state index >= 15 is 0 Å². The molecular formula is C21H23FN4O2S. The number of nitrogens with zero attached hydrogens (tertiary/aromatic N) is 4. The zero-order valence-corrected chi connectivity index (χ0v) is 16.9. The van der Waals surface area contributed by atoms with Gasteiger partial charge >= 0.3 is 0 Å². The van der Waals surface area contributed by atoms with E-state index in [1.54, 1.807) is 40.3 Å². The smallest absolute Gasteiger partial charge is 0.268 e. The topological polar surface area (TPSA) is 50.6 Å². The average molecular weight is 415 g/mol. The molecule has 0 amide bonds. The normalized spacial score (nSPS) is 15.5. The molecule has 3 aromatic rings. The summed E-state index contributed by atoms with van der Waals surface area (Å²) >= 11 is 1.61. The molecule has 8 heteroatoms. The van der Waals surface area contributed by atoms with Gasteiger partial charge in [-0.3, -0.25) is 14.6 Å². The van der Waals surface area contributed by atoms with E-state index in [0.29, 0.717) is 19.0 Å². The molecule has 1 fully saturated rings. The minimum atomic E-state index is -0.261. The fraction of sp³-hybridized carbons (Fsp3) is 0.333. The Bertz CT molecular complexity index is 967. The highest BCUT2D eigenvalue weighted by Crippen LogP contribution is 2.21. The van der Waals surface area contributed by atoms with E-state index in [1.165, 1.54) is 12.1 Å². The first kappa shape index (κ1) is 19.8. The van der Waals surface area contributed by atoms with Crippen molar-refractivity contribution in [2.45, 2.75) is 6.67 Å². The molecule has 1 aliphatic rings. The van der Waals surface area contributed by atoms with Crippen molar-refractivity contribution in [3.05, 3.63) is 70.1 Å². The number of hydrogen-bond donors (Lipinski definition) is 0. The van der Waals surface area contributed by atoms with E-state index in [0.717, 1.165) is 43.3 Å². The van der Waals surface area contributed by atoms with Gasteiger partial charge in [-0.05, 0) is 41.8 Å². The lowest BCUT2D eigenvalue weighted by Gasteiger charge is -2.34. The van der Waals surface area contributed by atoms with E-state index in [4.69, 9.17) is 4.74 Å². The predicted molar refractivity (Wildman–Crippen MR) is 112 cm³/mol. The van der Waals surface area contributed by atoms with E-state index in [9.17, 15) is 9.18 Å². The number of ether oxygens (including phenoxy) is 1. The van der Waals surface area contributed by atoms with Gasteiger partial charge in [0.15, 0.2) is 0 Å². The third-order valence-electron chi connectivity index (χ3n) is 4.93. The van der Waals surface area contributed by atoms with Crippen LogP contribution in [0, 0.1) is 5.82 Å². The maximum atomic E-state index is 12.9. The quantitative estimate of drug-likeness (QED) is 0.595. The summed E-state index contributed by atoms with van der Waals surface area (Å²) in [7, 11) is 0. The third kappa shape index (κ3) is 5.29. The summed E-state index contributed by atoms with van der Waals surface area (Å²) in [6, 6.07) is 13.4. The number of halogens is 1. The van der Waals surface area contributed by atoms with E-state index < -0.39 is 0 Å². The lowest BCUT2D eigenvalue weighted by molar-refractivity contribution is 0.0912. The molecule has 0 aliphatic carbocycles. The number of thiophene rings is 1. The lowest BCUT2D eigenvalue weighted by atomic mass is 10.3. The summed E-state index contributed by atoms with van der Waals surface area (Å²) < 4.78 is 20.1. The standard InChI is InChI=1S/C21H23FN4O2S/c22-17-3-5-18(6-4-17)28-14-13-24-9-11-25(12-10-24)16-26-21(27)8-7-19(23-26)20-2-1-15-29-20/h1-8,15H,9-14,16H2. The van der Waals surface area contributed by atoms with Gasteiger partial charge in [0.25, 0.3) is 5.56 Å². The fourth-order valence-electron chi connectivity index (χ4n) is 3.27. The number of piperazine rings is 1. The maximum absolute atomic E-state index is 12.9. The summed E-state index contributed by atoms with van der Waals surface area (Å²) in [4.78, 5) is 17.8. The Morgan fingerprint density at radius 3 is 2.48 bits per heavy atom. The molecule has 0 atom stereocenters. The molecule has 4 rings (SSSR count). The first-order valence-corrected chi connectivity index (χ1v) is 10.5. The predicted octanol–water partition coefficient (Wildman–Crippen LogP) is 2.77. The third-order valence-corrected chi connectivity index (χ3v) is 5.82. The van der Waals surface area contributed by atoms with E-state index in [-0.39, 0.29) is 11.4 Å². The Kier molecular flexibility index (Phi) is 6.33. The molecule has 152 valence electrons. The van der Waals surface area contributed by atoms with E-state index in [1.807, 2.05) is 17.5 Å². The summed E-state index contributed by atoms with van der Waals surface area (Å²) in [6.45, 7) is 5.44. The molecule has 1 aromatic carbocycles. The number of benzene rings is 1. The summed E-state index contributed by atoms with van der Waals surface area (Å²) in [5, 5.41) is 6.54. The summed E-state index contributed by atoms with van der Waals surface area (Å²) in [5.41, 5.74) is 0.747. The van der Waals surface area contributed by atoms with Gasteiger partial charge in [0, 0.05) is 38.8 Å². The Morgan fingerprint density at radius 2 is 1.76 bits per heavy atom. The number of hydrogen-bond acceptors (Lipinski definition) is 6. The highest BCUT2D eigenvalue weighted by molar-refractivity contribution is 7.13. The van der Waals surface area contributed by atoms with Gasteiger partial charge in [-0.1, -0.05) is 6.07 Å². The van der Waals surface area contributed by atoms with Crippen LogP contribution >= 0.6 is 11.3 Å². The zero-order chi connectivity index (χ0) is 20.1. The monoisotopic (exact) mass is 414 g/mol. The van der Waals surface area contributed by atoms with E-state index in [2.05, 4.69) is 14.9 Å². The van der Waals surface area contributed by atoms with Crippen molar-refractivity contribution < 1.29 is 9.13 Å². The van der Waals surface area contributed by atoms with Crippen LogP contribution in [0.25, 0.3) is 10.6 Å². The van der Waals surface area contributed by atoms with Crippen molar-refractivity contribution in [1.29, 1.82) is 0 Å². The van der Waals surface area contributed by atoms with Gasteiger partial charge < -0.3 is 4.74 Å². The minimum Gasteiger partial charge on any atom is -0.492 e. The Hall–Kier alpha value is -2.55. The first-order valence-electron chi connectivity index (χ1n) is 9.62. The van der Waals surface area contributed by atoms with Crippen LogP contribution in [-0.4, -0.2) is 58.9 Å². The van der Waals surface area contributed by atoms with Crippen molar-refractivity contribution in [3.63, 3.8) is 0 Å². The SMILES string of the molecule is O=c1ccc(-c2cccs2)nn1CN1CCN(CCOc2ccc(F)cc2)CC1. The molecule has 6 nitrogen and oxygen atoms in total. The van der Waals surface area contributed by atoms with Gasteiger partial charge in [0.2, 0.25) is 0 Å². The van der Waals surface area contributed by atoms with Gasteiger partial charge in [0.1, 0.15) is 23.9 Å². The molecule has 0 saturated carbocycles. The first-order chi connectivity index (χ1) is 14.2. The zero-order valence-electron chi connectivity index (χ0n) is 16.0. The second kappa shape index (κ2) is 9.30. The Balaban J connectivity index is 1.25. The lowest BCUT2D eigenvalue weighted by Crippen LogP contribution is -2.48. The van der Waals surface area contributed by atoms with Crippen molar-refractivity contribution in [1.82, 2.24) is 19.6 Å². The second-order valence-electron chi connectivity index (χ2n) is 6.94. The molecule has 29 heavy (non-hydrogen) atoms. The van der Waals surface area contributed by atoms with Crippen LogP contribution in [0.4, 0.5) is 4.39 Å². The molecule has 1 aliphatic heterocycles. The molecular weight excluding hydrogens is 391 g/mol. The summed E-state index contributed by atoms with van der Waals surface area (Å²) in [6.07, 6.45) is 0. The highest BCUT2D eigenvalue weighted by Gasteiger charge is 2.18. The molecule has 0 unspecified atom stereocenters. The van der Waals surface area contributed by atoms with Crippen LogP contribution in [0.15, 0.2) is 58.7 Å². The molecule has 1 saturated heterocycles. The minimum absolute atomic E-state index is 0.0829. The van der Waals surface area contributed by atoms with Gasteiger partial charge in [-0.25, -0.2) is 9.07 Å². The average Bonchev–Trinajstić information content (AvgIpc) is 3.27. The Morgan fingerprint density at radius 1 is 1.00 bits per heavy atom. The van der Waals surface area contributed by atoms with Crippen LogP contribution in [0.5, 0.6) is 5.75 Å². The molecule has 0 N–H and O–H groups in total. The molecule has 2 aromatic heterocycles. The number of rotatable bonds is 7. The second-order valence-corrected chi connectivity index (χ2v) is 7.88. The molecule has 0 radical (unpaired) electrons. The van der Waals surface area contributed by atoms with Gasteiger partial charge in [-0.15, -0.1) is 11.3 Å². The van der Waals surface area contributed by atoms with Gasteiger partial charge in [0.05, 0.1) is 11.5 Å². The van der Waals surface area contributed by atoms with Crippen LogP contribution in [0.3, 0.4) is 0 Å².